The molecule has 0 unspecified atom stereocenters. The van der Waals surface area contributed by atoms with Gasteiger partial charge in [0.25, 0.3) is 0 Å². The van der Waals surface area contributed by atoms with Crippen molar-refractivity contribution in [3.63, 3.8) is 0 Å². The predicted octanol–water partition coefficient (Wildman–Crippen LogP) is 3.62. The SMILES string of the molecule is CCOC(=O)C1CCN(C(=O)CN(Cc2ccccc2)C2CCCCC2)CC1. The molecule has 0 aromatic heterocycles. The molecule has 0 bridgehead atoms. The molecule has 1 saturated heterocycles. The van der Waals surface area contributed by atoms with Gasteiger partial charge in [-0.1, -0.05) is 49.6 Å². The van der Waals surface area contributed by atoms with Crippen LogP contribution in [0.2, 0.25) is 0 Å². The molecule has 1 aliphatic heterocycles. The van der Waals surface area contributed by atoms with Crippen molar-refractivity contribution in [1.29, 1.82) is 0 Å². The molecule has 1 saturated carbocycles. The van der Waals surface area contributed by atoms with Crippen LogP contribution in [0.5, 0.6) is 0 Å². The monoisotopic (exact) mass is 386 g/mol. The fourth-order valence-corrected chi connectivity index (χ4v) is 4.48. The van der Waals surface area contributed by atoms with Gasteiger partial charge in [0.1, 0.15) is 0 Å². The first-order chi connectivity index (χ1) is 13.7. The van der Waals surface area contributed by atoms with E-state index in [-0.39, 0.29) is 17.8 Å². The Kier molecular flexibility index (Phi) is 7.90. The lowest BCUT2D eigenvalue weighted by Crippen LogP contribution is -2.47. The molecule has 0 spiro atoms. The van der Waals surface area contributed by atoms with Crippen molar-refractivity contribution in [3.8, 4) is 0 Å². The maximum Gasteiger partial charge on any atom is 0.309 e. The second kappa shape index (κ2) is 10.6. The average Bonchev–Trinajstić information content (AvgIpc) is 2.75. The number of carbonyl (C=O) groups is 2. The third kappa shape index (κ3) is 5.81. The molecule has 5 heteroatoms. The lowest BCUT2D eigenvalue weighted by Gasteiger charge is -2.37. The third-order valence-corrected chi connectivity index (χ3v) is 6.13. The Morgan fingerprint density at radius 1 is 1.04 bits per heavy atom. The van der Waals surface area contributed by atoms with E-state index in [1.54, 1.807) is 0 Å². The molecule has 5 nitrogen and oxygen atoms in total. The number of benzene rings is 1. The summed E-state index contributed by atoms with van der Waals surface area (Å²) >= 11 is 0. The summed E-state index contributed by atoms with van der Waals surface area (Å²) in [6.07, 6.45) is 7.63. The van der Waals surface area contributed by atoms with Crippen LogP contribution in [-0.2, 0) is 20.9 Å². The summed E-state index contributed by atoms with van der Waals surface area (Å²) < 4.78 is 5.14. The number of carbonyl (C=O) groups excluding carboxylic acids is 2. The van der Waals surface area contributed by atoms with Crippen LogP contribution in [0.4, 0.5) is 0 Å². The molecule has 2 fully saturated rings. The summed E-state index contributed by atoms with van der Waals surface area (Å²) in [5.74, 6) is 0.0362. The number of amides is 1. The quantitative estimate of drug-likeness (QED) is 0.672. The number of rotatable bonds is 7. The van der Waals surface area contributed by atoms with Crippen molar-refractivity contribution in [2.75, 3.05) is 26.2 Å². The minimum Gasteiger partial charge on any atom is -0.466 e. The van der Waals surface area contributed by atoms with Gasteiger partial charge in [-0.15, -0.1) is 0 Å². The molecule has 1 amide bonds. The van der Waals surface area contributed by atoms with Crippen LogP contribution in [0.1, 0.15) is 57.4 Å². The smallest absolute Gasteiger partial charge is 0.309 e. The molecule has 1 aliphatic carbocycles. The van der Waals surface area contributed by atoms with E-state index in [0.717, 1.165) is 6.54 Å². The molecular formula is C23H34N2O3. The van der Waals surface area contributed by atoms with E-state index < -0.39 is 0 Å². The van der Waals surface area contributed by atoms with E-state index in [1.165, 1.54) is 37.7 Å². The van der Waals surface area contributed by atoms with E-state index in [4.69, 9.17) is 4.74 Å². The second-order valence-corrected chi connectivity index (χ2v) is 8.09. The topological polar surface area (TPSA) is 49.9 Å². The van der Waals surface area contributed by atoms with E-state index in [1.807, 2.05) is 17.9 Å². The molecule has 2 aliphatic rings. The molecule has 1 aromatic carbocycles. The number of hydrogen-bond acceptors (Lipinski definition) is 4. The number of esters is 1. The highest BCUT2D eigenvalue weighted by atomic mass is 16.5. The van der Waals surface area contributed by atoms with Crippen LogP contribution < -0.4 is 0 Å². The van der Waals surface area contributed by atoms with Gasteiger partial charge in [-0.2, -0.15) is 0 Å². The molecule has 3 rings (SSSR count). The zero-order chi connectivity index (χ0) is 19.8. The highest BCUT2D eigenvalue weighted by Crippen LogP contribution is 2.25. The summed E-state index contributed by atoms with van der Waals surface area (Å²) in [5, 5.41) is 0. The Morgan fingerprint density at radius 2 is 1.71 bits per heavy atom. The molecule has 0 atom stereocenters. The standard InChI is InChI=1S/C23H34N2O3/c1-2-28-23(27)20-13-15-24(16-14-20)22(26)18-25(21-11-7-4-8-12-21)17-19-9-5-3-6-10-19/h3,5-6,9-10,20-21H,2,4,7-8,11-18H2,1H3. The van der Waals surface area contributed by atoms with Crippen molar-refractivity contribution in [2.24, 2.45) is 5.92 Å². The minimum absolute atomic E-state index is 0.0530. The second-order valence-electron chi connectivity index (χ2n) is 8.09. The average molecular weight is 387 g/mol. The van der Waals surface area contributed by atoms with Crippen LogP contribution in [0.25, 0.3) is 0 Å². The van der Waals surface area contributed by atoms with Crippen molar-refractivity contribution in [2.45, 2.75) is 64.5 Å². The normalized spacial score (nSPS) is 19.0. The molecule has 0 N–H and O–H groups in total. The number of nitrogens with zero attached hydrogens (tertiary/aromatic N) is 2. The Bertz CT molecular complexity index is 620. The lowest BCUT2D eigenvalue weighted by atomic mass is 9.93. The van der Waals surface area contributed by atoms with Gasteiger partial charge in [-0.3, -0.25) is 14.5 Å². The minimum atomic E-state index is -0.109. The molecule has 1 heterocycles. The summed E-state index contributed by atoms with van der Waals surface area (Å²) in [5.41, 5.74) is 1.27. The first-order valence-corrected chi connectivity index (χ1v) is 10.9. The highest BCUT2D eigenvalue weighted by Gasteiger charge is 2.30. The third-order valence-electron chi connectivity index (χ3n) is 6.13. The zero-order valence-electron chi connectivity index (χ0n) is 17.1. The number of likely N-dealkylation sites (tertiary alicyclic amines) is 1. The zero-order valence-corrected chi connectivity index (χ0v) is 17.1. The molecule has 154 valence electrons. The number of piperidine rings is 1. The van der Waals surface area contributed by atoms with Crippen LogP contribution in [0.3, 0.4) is 0 Å². The van der Waals surface area contributed by atoms with Gasteiger partial charge in [-0.05, 0) is 38.2 Å². The molecule has 1 aromatic rings. The van der Waals surface area contributed by atoms with E-state index in [9.17, 15) is 9.59 Å². The fourth-order valence-electron chi connectivity index (χ4n) is 4.48. The summed E-state index contributed by atoms with van der Waals surface area (Å²) in [4.78, 5) is 29.3. The fraction of sp³-hybridized carbons (Fsp3) is 0.652. The number of ether oxygens (including phenoxy) is 1. The Balaban J connectivity index is 1.57. The summed E-state index contributed by atoms with van der Waals surface area (Å²) in [6.45, 7) is 4.88. The summed E-state index contributed by atoms with van der Waals surface area (Å²) in [7, 11) is 0. The lowest BCUT2D eigenvalue weighted by molar-refractivity contribution is -0.151. The van der Waals surface area contributed by atoms with Gasteiger partial charge >= 0.3 is 5.97 Å². The number of hydrogen-bond donors (Lipinski definition) is 0. The predicted molar refractivity (Wildman–Crippen MR) is 110 cm³/mol. The van der Waals surface area contributed by atoms with Gasteiger partial charge in [0.05, 0.1) is 19.1 Å². The van der Waals surface area contributed by atoms with Crippen molar-refractivity contribution in [1.82, 2.24) is 9.80 Å². The molecule has 28 heavy (non-hydrogen) atoms. The van der Waals surface area contributed by atoms with E-state index >= 15 is 0 Å². The Labute approximate surface area is 169 Å². The largest absolute Gasteiger partial charge is 0.466 e. The van der Waals surface area contributed by atoms with E-state index in [2.05, 4.69) is 29.2 Å². The first kappa shape index (κ1) is 20.8. The van der Waals surface area contributed by atoms with Gasteiger partial charge in [0, 0.05) is 25.7 Å². The first-order valence-electron chi connectivity index (χ1n) is 10.9. The van der Waals surface area contributed by atoms with Crippen LogP contribution in [-0.4, -0.2) is 54.0 Å². The molecular weight excluding hydrogens is 352 g/mol. The Hall–Kier alpha value is -1.88. The Morgan fingerprint density at radius 3 is 2.36 bits per heavy atom. The maximum absolute atomic E-state index is 13.0. The van der Waals surface area contributed by atoms with Gasteiger partial charge in [0.2, 0.25) is 5.91 Å². The maximum atomic E-state index is 13.0. The van der Waals surface area contributed by atoms with Crippen LogP contribution in [0, 0.1) is 5.92 Å². The van der Waals surface area contributed by atoms with Crippen molar-refractivity contribution < 1.29 is 14.3 Å². The molecule has 0 radical (unpaired) electrons. The van der Waals surface area contributed by atoms with Crippen LogP contribution in [0.15, 0.2) is 30.3 Å². The van der Waals surface area contributed by atoms with Gasteiger partial charge < -0.3 is 9.64 Å². The summed E-state index contributed by atoms with van der Waals surface area (Å²) in [6, 6.07) is 11.0. The van der Waals surface area contributed by atoms with Crippen molar-refractivity contribution >= 4 is 11.9 Å². The van der Waals surface area contributed by atoms with Crippen molar-refractivity contribution in [3.05, 3.63) is 35.9 Å². The van der Waals surface area contributed by atoms with E-state index in [0.29, 0.717) is 45.1 Å². The van der Waals surface area contributed by atoms with Gasteiger partial charge in [0.15, 0.2) is 0 Å². The highest BCUT2D eigenvalue weighted by molar-refractivity contribution is 5.79. The van der Waals surface area contributed by atoms with Gasteiger partial charge in [-0.25, -0.2) is 0 Å². The van der Waals surface area contributed by atoms with Crippen LogP contribution >= 0.6 is 0 Å².